The van der Waals surface area contributed by atoms with Crippen molar-refractivity contribution in [2.75, 3.05) is 12.5 Å². The topological polar surface area (TPSA) is 61.3 Å². The fraction of sp³-hybridized carbons (Fsp3) is 0.0952. The maximum absolute atomic E-state index is 13.3. The summed E-state index contributed by atoms with van der Waals surface area (Å²) in [5.74, 6) is 1.15. The van der Waals surface area contributed by atoms with Crippen LogP contribution >= 0.6 is 23.1 Å². The Balaban J connectivity index is 1.42. The minimum Gasteiger partial charge on any atom is -0.454 e. The summed E-state index contributed by atoms with van der Waals surface area (Å²) in [5, 5.41) is 3.59. The quantitative estimate of drug-likeness (QED) is 0.249. The Labute approximate surface area is 173 Å². The van der Waals surface area contributed by atoms with Crippen LogP contribution in [0.25, 0.3) is 21.3 Å². The second kappa shape index (κ2) is 7.46. The molecule has 0 spiro atoms. The molecule has 0 amide bonds. The number of Topliss-reactive ketones (excluding diaryl/α,β-unsaturated/α-hetero) is 1. The molecular formula is C21H13FN2O3S2. The summed E-state index contributed by atoms with van der Waals surface area (Å²) in [5.41, 5.74) is 2.39. The third-order valence-electron chi connectivity index (χ3n) is 4.53. The minimum absolute atomic E-state index is 0.0291. The predicted octanol–water partition coefficient (Wildman–Crippen LogP) is 5.20. The summed E-state index contributed by atoms with van der Waals surface area (Å²) in [6.45, 7) is 0.172. The monoisotopic (exact) mass is 424 g/mol. The van der Waals surface area contributed by atoms with Crippen molar-refractivity contribution >= 4 is 39.1 Å². The van der Waals surface area contributed by atoms with E-state index in [1.807, 2.05) is 5.38 Å². The van der Waals surface area contributed by atoms with Gasteiger partial charge in [0.2, 0.25) is 6.79 Å². The molecule has 0 saturated heterocycles. The molecule has 5 rings (SSSR count). The molecular weight excluding hydrogens is 411 g/mol. The molecule has 0 N–H and O–H groups in total. The van der Waals surface area contributed by atoms with E-state index in [9.17, 15) is 9.18 Å². The highest BCUT2D eigenvalue weighted by Crippen LogP contribution is 2.38. The maximum atomic E-state index is 13.3. The number of ether oxygens (including phenoxy) is 2. The number of thiophene rings is 1. The number of fused-ring (bicyclic) bond motifs is 2. The Morgan fingerprint density at radius 3 is 2.79 bits per heavy atom. The van der Waals surface area contributed by atoms with E-state index < -0.39 is 0 Å². The number of ketones is 1. The molecule has 2 aromatic carbocycles. The van der Waals surface area contributed by atoms with Crippen LogP contribution in [0.1, 0.15) is 10.4 Å². The highest BCUT2D eigenvalue weighted by Gasteiger charge is 2.18. The zero-order valence-corrected chi connectivity index (χ0v) is 16.6. The normalized spacial score (nSPS) is 12.4. The number of hydrogen-bond acceptors (Lipinski definition) is 7. The van der Waals surface area contributed by atoms with Gasteiger partial charge in [0.1, 0.15) is 22.0 Å². The van der Waals surface area contributed by atoms with Gasteiger partial charge in [0, 0.05) is 16.5 Å². The van der Waals surface area contributed by atoms with E-state index in [0.717, 1.165) is 26.4 Å². The molecule has 0 fully saturated rings. The van der Waals surface area contributed by atoms with Gasteiger partial charge in [-0.2, -0.15) is 0 Å². The fourth-order valence-corrected chi connectivity index (χ4v) is 4.97. The molecule has 3 heterocycles. The maximum Gasteiger partial charge on any atom is 0.231 e. The average Bonchev–Trinajstić information content (AvgIpc) is 3.39. The van der Waals surface area contributed by atoms with Crippen LogP contribution in [0, 0.1) is 5.82 Å². The molecule has 0 unspecified atom stereocenters. The van der Waals surface area contributed by atoms with E-state index in [2.05, 4.69) is 9.97 Å². The smallest absolute Gasteiger partial charge is 0.231 e. The summed E-state index contributed by atoms with van der Waals surface area (Å²) in [6, 6.07) is 11.5. The standard InChI is InChI=1S/C21H13FN2O3S2/c22-14-4-1-12(2-5-14)15-8-28-20-19(15)21(24-10-23-20)29-9-16(25)13-3-6-17-18(7-13)27-11-26-17/h1-8,10H,9,11H2. The molecule has 0 radical (unpaired) electrons. The first kappa shape index (κ1) is 18.1. The number of thioether (sulfide) groups is 1. The molecule has 0 atom stereocenters. The van der Waals surface area contributed by atoms with Crippen LogP contribution in [0.2, 0.25) is 0 Å². The zero-order valence-electron chi connectivity index (χ0n) is 14.9. The van der Waals surface area contributed by atoms with Crippen molar-refractivity contribution in [1.82, 2.24) is 9.97 Å². The number of benzene rings is 2. The summed E-state index contributed by atoms with van der Waals surface area (Å²) < 4.78 is 23.9. The SMILES string of the molecule is O=C(CSc1ncnc2scc(-c3ccc(F)cc3)c12)c1ccc2c(c1)OCO2. The molecule has 5 nitrogen and oxygen atoms in total. The molecule has 29 heavy (non-hydrogen) atoms. The Bertz CT molecular complexity index is 1220. The predicted molar refractivity (Wildman–Crippen MR) is 110 cm³/mol. The lowest BCUT2D eigenvalue weighted by Gasteiger charge is -2.06. The van der Waals surface area contributed by atoms with Crippen molar-refractivity contribution in [2.24, 2.45) is 0 Å². The molecule has 0 bridgehead atoms. The van der Waals surface area contributed by atoms with Gasteiger partial charge in [-0.25, -0.2) is 14.4 Å². The van der Waals surface area contributed by atoms with Crippen LogP contribution < -0.4 is 9.47 Å². The number of aromatic nitrogens is 2. The lowest BCUT2D eigenvalue weighted by molar-refractivity contribution is 0.102. The number of hydrogen-bond donors (Lipinski definition) is 0. The van der Waals surface area contributed by atoms with Crippen molar-refractivity contribution in [3.8, 4) is 22.6 Å². The van der Waals surface area contributed by atoms with E-state index in [0.29, 0.717) is 17.1 Å². The van der Waals surface area contributed by atoms with Crippen LogP contribution in [-0.4, -0.2) is 28.3 Å². The van der Waals surface area contributed by atoms with Crippen molar-refractivity contribution in [3.05, 3.63) is 65.6 Å². The Morgan fingerprint density at radius 1 is 1.10 bits per heavy atom. The van der Waals surface area contributed by atoms with Gasteiger partial charge in [-0.05, 0) is 35.9 Å². The van der Waals surface area contributed by atoms with Gasteiger partial charge in [0.25, 0.3) is 0 Å². The van der Waals surface area contributed by atoms with Crippen molar-refractivity contribution in [3.63, 3.8) is 0 Å². The molecule has 144 valence electrons. The van der Waals surface area contributed by atoms with Gasteiger partial charge in [-0.3, -0.25) is 4.79 Å². The lowest BCUT2D eigenvalue weighted by Crippen LogP contribution is -2.02. The second-order valence-electron chi connectivity index (χ2n) is 6.30. The van der Waals surface area contributed by atoms with Gasteiger partial charge in [0.05, 0.1) is 11.1 Å². The van der Waals surface area contributed by atoms with E-state index in [1.54, 1.807) is 30.3 Å². The Hall–Kier alpha value is -2.97. The van der Waals surface area contributed by atoms with Crippen LogP contribution in [0.3, 0.4) is 0 Å². The first-order valence-electron chi connectivity index (χ1n) is 8.73. The van der Waals surface area contributed by atoms with Crippen LogP contribution in [-0.2, 0) is 0 Å². The highest BCUT2D eigenvalue weighted by atomic mass is 32.2. The van der Waals surface area contributed by atoms with Gasteiger partial charge in [-0.15, -0.1) is 11.3 Å². The first-order chi connectivity index (χ1) is 14.2. The molecule has 8 heteroatoms. The van der Waals surface area contributed by atoms with E-state index in [-0.39, 0.29) is 24.1 Å². The molecule has 4 aromatic rings. The number of carbonyl (C=O) groups is 1. The molecule has 0 saturated carbocycles. The van der Waals surface area contributed by atoms with Crippen LogP contribution in [0.5, 0.6) is 11.5 Å². The summed E-state index contributed by atoms with van der Waals surface area (Å²) in [4.78, 5) is 22.2. The third kappa shape index (κ3) is 3.45. The Kier molecular flexibility index (Phi) is 4.65. The van der Waals surface area contributed by atoms with E-state index >= 15 is 0 Å². The number of rotatable bonds is 5. The number of nitrogens with zero attached hydrogens (tertiary/aromatic N) is 2. The van der Waals surface area contributed by atoms with Crippen LogP contribution in [0.15, 0.2) is 59.2 Å². The molecule has 1 aliphatic rings. The Morgan fingerprint density at radius 2 is 1.93 bits per heavy atom. The van der Waals surface area contributed by atoms with Crippen LogP contribution in [0.4, 0.5) is 4.39 Å². The summed E-state index contributed by atoms with van der Waals surface area (Å²) >= 11 is 2.86. The van der Waals surface area contributed by atoms with Crippen molar-refractivity contribution in [2.45, 2.75) is 5.03 Å². The van der Waals surface area contributed by atoms with Crippen molar-refractivity contribution < 1.29 is 18.7 Å². The van der Waals surface area contributed by atoms with E-state index in [1.165, 1.54) is 41.6 Å². The third-order valence-corrected chi connectivity index (χ3v) is 6.40. The summed E-state index contributed by atoms with van der Waals surface area (Å²) in [6.07, 6.45) is 1.50. The second-order valence-corrected chi connectivity index (χ2v) is 8.12. The minimum atomic E-state index is -0.284. The molecule has 1 aliphatic heterocycles. The molecule has 2 aromatic heterocycles. The lowest BCUT2D eigenvalue weighted by atomic mass is 10.1. The first-order valence-corrected chi connectivity index (χ1v) is 10.6. The van der Waals surface area contributed by atoms with Gasteiger partial charge in [0.15, 0.2) is 17.3 Å². The fourth-order valence-electron chi connectivity index (χ4n) is 3.09. The van der Waals surface area contributed by atoms with Crippen molar-refractivity contribution in [1.29, 1.82) is 0 Å². The average molecular weight is 424 g/mol. The highest BCUT2D eigenvalue weighted by molar-refractivity contribution is 8.00. The van der Waals surface area contributed by atoms with Gasteiger partial charge >= 0.3 is 0 Å². The number of carbonyl (C=O) groups excluding carboxylic acids is 1. The zero-order chi connectivity index (χ0) is 19.8. The van der Waals surface area contributed by atoms with Gasteiger partial charge < -0.3 is 9.47 Å². The summed E-state index contributed by atoms with van der Waals surface area (Å²) in [7, 11) is 0. The number of halogens is 1. The van der Waals surface area contributed by atoms with E-state index in [4.69, 9.17) is 9.47 Å². The largest absolute Gasteiger partial charge is 0.454 e. The van der Waals surface area contributed by atoms with Gasteiger partial charge in [-0.1, -0.05) is 23.9 Å². The molecule has 0 aliphatic carbocycles.